The molecule has 0 spiro atoms. The number of aliphatic hydroxyl groups is 1. The van der Waals surface area contributed by atoms with Gasteiger partial charge in [0.1, 0.15) is 6.10 Å². The molecule has 20 heavy (non-hydrogen) atoms. The summed E-state index contributed by atoms with van der Waals surface area (Å²) in [5.41, 5.74) is 0. The Hall–Kier alpha value is -1.43. The summed E-state index contributed by atoms with van der Waals surface area (Å²) < 4.78 is 1.15. The number of carbonyl (C=O) groups is 1. The Morgan fingerprint density at radius 1 is 1.40 bits per heavy atom. The molecule has 1 aromatic carbocycles. The molecule has 2 N–H and O–H groups in total. The molecular weight excluding hydrogens is 272 g/mol. The summed E-state index contributed by atoms with van der Waals surface area (Å²) in [6.07, 6.45) is -0.661. The fourth-order valence-corrected chi connectivity index (χ4v) is 2.90. The van der Waals surface area contributed by atoms with Crippen LogP contribution in [0.25, 0.3) is 10.1 Å². The second-order valence-corrected chi connectivity index (χ2v) is 6.20. The van der Waals surface area contributed by atoms with Crippen LogP contribution < -0.4 is 5.32 Å². The molecule has 0 saturated carbocycles. The normalized spacial score (nSPS) is 14.4. The number of amides is 1. The standard InChI is InChI=1S/C15H20N2O2S/c1-10(17(2)3)15(19)16-9-12(18)14-8-11-6-4-5-7-13(11)20-14/h4-8,10,12,18H,9H2,1-3H3,(H,16,19)/t10-,12?/m0/s1. The molecule has 0 bridgehead atoms. The third-order valence-corrected chi connectivity index (χ3v) is 4.61. The number of benzene rings is 1. The van der Waals surface area contributed by atoms with Gasteiger partial charge in [0.15, 0.2) is 0 Å². The highest BCUT2D eigenvalue weighted by atomic mass is 32.1. The minimum atomic E-state index is -0.661. The summed E-state index contributed by atoms with van der Waals surface area (Å²) in [7, 11) is 3.71. The van der Waals surface area contributed by atoms with Crippen molar-refractivity contribution in [2.24, 2.45) is 0 Å². The van der Waals surface area contributed by atoms with E-state index in [1.54, 1.807) is 11.3 Å². The summed E-state index contributed by atoms with van der Waals surface area (Å²) in [5.74, 6) is -0.0739. The molecule has 2 atom stereocenters. The number of carbonyl (C=O) groups excluding carboxylic acids is 1. The summed E-state index contributed by atoms with van der Waals surface area (Å²) in [5, 5.41) is 14.1. The molecular formula is C15H20N2O2S. The van der Waals surface area contributed by atoms with Crippen LogP contribution in [0.5, 0.6) is 0 Å². The van der Waals surface area contributed by atoms with Gasteiger partial charge in [-0.25, -0.2) is 0 Å². The van der Waals surface area contributed by atoms with Gasteiger partial charge in [-0.1, -0.05) is 18.2 Å². The third-order valence-electron chi connectivity index (χ3n) is 3.40. The number of thiophene rings is 1. The van der Waals surface area contributed by atoms with E-state index < -0.39 is 6.10 Å². The largest absolute Gasteiger partial charge is 0.386 e. The Bertz CT molecular complexity index is 561. The molecule has 1 heterocycles. The van der Waals surface area contributed by atoms with Gasteiger partial charge in [-0.05, 0) is 38.5 Å². The first-order valence-corrected chi connectivity index (χ1v) is 7.41. The topological polar surface area (TPSA) is 52.6 Å². The first-order valence-electron chi connectivity index (χ1n) is 6.59. The van der Waals surface area contributed by atoms with E-state index >= 15 is 0 Å². The molecule has 5 heteroatoms. The highest BCUT2D eigenvalue weighted by molar-refractivity contribution is 7.19. The zero-order valence-electron chi connectivity index (χ0n) is 12.0. The number of nitrogens with one attached hydrogen (secondary N) is 1. The predicted octanol–water partition coefficient (Wildman–Crippen LogP) is 2.00. The van der Waals surface area contributed by atoms with Crippen molar-refractivity contribution < 1.29 is 9.90 Å². The molecule has 0 aliphatic heterocycles. The van der Waals surface area contributed by atoms with Gasteiger partial charge in [-0.2, -0.15) is 0 Å². The van der Waals surface area contributed by atoms with E-state index in [1.165, 1.54) is 0 Å². The maximum absolute atomic E-state index is 11.8. The molecule has 4 nitrogen and oxygen atoms in total. The van der Waals surface area contributed by atoms with Gasteiger partial charge in [0, 0.05) is 16.1 Å². The quantitative estimate of drug-likeness (QED) is 0.886. The second-order valence-electron chi connectivity index (χ2n) is 5.09. The molecule has 1 aromatic heterocycles. The van der Waals surface area contributed by atoms with Crippen molar-refractivity contribution in [1.82, 2.24) is 10.2 Å². The number of rotatable bonds is 5. The van der Waals surface area contributed by atoms with Crippen molar-refractivity contribution in [3.05, 3.63) is 35.2 Å². The Morgan fingerprint density at radius 2 is 2.10 bits per heavy atom. The Kier molecular flexibility index (Phi) is 4.75. The monoisotopic (exact) mass is 292 g/mol. The van der Waals surface area contributed by atoms with Crippen molar-refractivity contribution >= 4 is 27.3 Å². The van der Waals surface area contributed by atoms with Gasteiger partial charge in [-0.3, -0.25) is 9.69 Å². The highest BCUT2D eigenvalue weighted by Crippen LogP contribution is 2.29. The molecule has 108 valence electrons. The van der Waals surface area contributed by atoms with Crippen molar-refractivity contribution in [1.29, 1.82) is 0 Å². The Balaban J connectivity index is 1.98. The fraction of sp³-hybridized carbons (Fsp3) is 0.400. The zero-order chi connectivity index (χ0) is 14.7. The minimum absolute atomic E-state index is 0.0739. The van der Waals surface area contributed by atoms with Gasteiger partial charge in [0.25, 0.3) is 0 Å². The number of fused-ring (bicyclic) bond motifs is 1. The van der Waals surface area contributed by atoms with E-state index in [0.29, 0.717) is 0 Å². The molecule has 2 aromatic rings. The van der Waals surface area contributed by atoms with Gasteiger partial charge in [0.2, 0.25) is 5.91 Å². The van der Waals surface area contributed by atoms with E-state index in [-0.39, 0.29) is 18.5 Å². The van der Waals surface area contributed by atoms with E-state index in [2.05, 4.69) is 5.32 Å². The van der Waals surface area contributed by atoms with Crippen molar-refractivity contribution in [2.75, 3.05) is 20.6 Å². The van der Waals surface area contributed by atoms with Crippen LogP contribution >= 0.6 is 11.3 Å². The van der Waals surface area contributed by atoms with E-state index in [0.717, 1.165) is 15.0 Å². The molecule has 0 radical (unpaired) electrons. The number of hydrogen-bond acceptors (Lipinski definition) is 4. The Morgan fingerprint density at radius 3 is 2.75 bits per heavy atom. The van der Waals surface area contributed by atoms with Gasteiger partial charge in [0.05, 0.1) is 6.04 Å². The summed E-state index contributed by atoms with van der Waals surface area (Å²) in [6.45, 7) is 2.07. The first kappa shape index (κ1) is 15.0. The second kappa shape index (κ2) is 6.35. The molecule has 0 aliphatic carbocycles. The Labute approximate surface area is 123 Å². The summed E-state index contributed by atoms with van der Waals surface area (Å²) in [4.78, 5) is 14.5. The lowest BCUT2D eigenvalue weighted by molar-refractivity contribution is -0.125. The van der Waals surface area contributed by atoms with Crippen LogP contribution in [0.4, 0.5) is 0 Å². The minimum Gasteiger partial charge on any atom is -0.386 e. The smallest absolute Gasteiger partial charge is 0.237 e. The summed E-state index contributed by atoms with van der Waals surface area (Å²) in [6, 6.07) is 9.79. The molecule has 0 saturated heterocycles. The van der Waals surface area contributed by atoms with Crippen LogP contribution in [0.3, 0.4) is 0 Å². The first-order chi connectivity index (χ1) is 9.49. The lowest BCUT2D eigenvalue weighted by atomic mass is 10.2. The van der Waals surface area contributed by atoms with Gasteiger partial charge < -0.3 is 10.4 Å². The maximum Gasteiger partial charge on any atom is 0.237 e. The zero-order valence-corrected chi connectivity index (χ0v) is 12.8. The lowest BCUT2D eigenvalue weighted by Crippen LogP contribution is -2.42. The average molecular weight is 292 g/mol. The fourth-order valence-electron chi connectivity index (χ4n) is 1.85. The molecule has 0 fully saturated rings. The number of likely N-dealkylation sites (N-methyl/N-ethyl adjacent to an activating group) is 1. The van der Waals surface area contributed by atoms with Gasteiger partial charge in [-0.15, -0.1) is 11.3 Å². The van der Waals surface area contributed by atoms with Crippen LogP contribution in [0.2, 0.25) is 0 Å². The van der Waals surface area contributed by atoms with Crippen LogP contribution in [0.1, 0.15) is 17.9 Å². The highest BCUT2D eigenvalue weighted by Gasteiger charge is 2.17. The van der Waals surface area contributed by atoms with Crippen molar-refractivity contribution in [3.63, 3.8) is 0 Å². The number of nitrogens with zero attached hydrogens (tertiary/aromatic N) is 1. The van der Waals surface area contributed by atoms with Crippen molar-refractivity contribution in [3.8, 4) is 0 Å². The molecule has 2 rings (SSSR count). The number of aliphatic hydroxyl groups excluding tert-OH is 1. The van der Waals surface area contributed by atoms with Crippen LogP contribution in [0, 0.1) is 0 Å². The maximum atomic E-state index is 11.8. The molecule has 1 amide bonds. The lowest BCUT2D eigenvalue weighted by Gasteiger charge is -2.19. The predicted molar refractivity (Wildman–Crippen MR) is 82.9 cm³/mol. The summed E-state index contributed by atoms with van der Waals surface area (Å²) >= 11 is 1.56. The van der Waals surface area contributed by atoms with Crippen LogP contribution in [-0.4, -0.2) is 42.6 Å². The van der Waals surface area contributed by atoms with E-state index in [1.807, 2.05) is 56.3 Å². The van der Waals surface area contributed by atoms with Crippen LogP contribution in [0.15, 0.2) is 30.3 Å². The third kappa shape index (κ3) is 3.36. The average Bonchev–Trinajstić information content (AvgIpc) is 2.87. The van der Waals surface area contributed by atoms with Crippen LogP contribution in [-0.2, 0) is 4.79 Å². The number of hydrogen-bond donors (Lipinski definition) is 2. The van der Waals surface area contributed by atoms with E-state index in [4.69, 9.17) is 0 Å². The van der Waals surface area contributed by atoms with Gasteiger partial charge >= 0.3 is 0 Å². The van der Waals surface area contributed by atoms with E-state index in [9.17, 15) is 9.90 Å². The molecule has 0 aliphatic rings. The SMILES string of the molecule is C[C@@H](C(=O)NCC(O)c1cc2ccccc2s1)N(C)C. The molecule has 1 unspecified atom stereocenters. The van der Waals surface area contributed by atoms with Crippen molar-refractivity contribution in [2.45, 2.75) is 19.1 Å².